The van der Waals surface area contributed by atoms with E-state index in [4.69, 9.17) is 4.98 Å². The highest BCUT2D eigenvalue weighted by molar-refractivity contribution is 7.13. The molecular formula is C20H23Cl2N3S. The number of hydrogen-bond acceptors (Lipinski definition) is 4. The first kappa shape index (κ1) is 20.7. The lowest BCUT2D eigenvalue weighted by Crippen LogP contribution is -2.43. The van der Waals surface area contributed by atoms with E-state index in [1.54, 1.807) is 11.3 Å². The number of piperazine rings is 1. The molecule has 1 aliphatic heterocycles. The maximum Gasteiger partial charge on any atom is 0.185 e. The molecule has 3 aromatic rings. The Kier molecular flexibility index (Phi) is 7.91. The zero-order valence-electron chi connectivity index (χ0n) is 14.4. The van der Waals surface area contributed by atoms with Gasteiger partial charge in [0, 0.05) is 38.0 Å². The van der Waals surface area contributed by atoms with Crippen LogP contribution < -0.4 is 10.2 Å². The zero-order valence-corrected chi connectivity index (χ0v) is 16.9. The molecule has 0 unspecified atom stereocenters. The maximum atomic E-state index is 4.83. The molecule has 1 aromatic heterocycles. The van der Waals surface area contributed by atoms with Crippen LogP contribution in [0.5, 0.6) is 0 Å². The smallest absolute Gasteiger partial charge is 0.185 e. The second kappa shape index (κ2) is 9.93. The summed E-state index contributed by atoms with van der Waals surface area (Å²) in [5.41, 5.74) is 5.01. The number of anilines is 1. The number of thiazole rings is 1. The highest BCUT2D eigenvalue weighted by atomic mass is 35.5. The van der Waals surface area contributed by atoms with Gasteiger partial charge < -0.3 is 10.2 Å². The summed E-state index contributed by atoms with van der Waals surface area (Å²) >= 11 is 1.76. The van der Waals surface area contributed by atoms with Gasteiger partial charge in [0.1, 0.15) is 0 Å². The molecule has 2 aromatic carbocycles. The molecule has 26 heavy (non-hydrogen) atoms. The number of nitrogens with zero attached hydrogens (tertiary/aromatic N) is 2. The van der Waals surface area contributed by atoms with E-state index in [0.717, 1.165) is 37.7 Å². The Morgan fingerprint density at radius 1 is 0.885 bits per heavy atom. The summed E-state index contributed by atoms with van der Waals surface area (Å²) < 4.78 is 0. The van der Waals surface area contributed by atoms with Gasteiger partial charge in [0.2, 0.25) is 0 Å². The van der Waals surface area contributed by atoms with Crippen molar-refractivity contribution in [3.8, 4) is 11.1 Å². The molecule has 0 spiro atoms. The van der Waals surface area contributed by atoms with Crippen LogP contribution in [0.15, 0.2) is 60.0 Å². The van der Waals surface area contributed by atoms with Crippen LogP contribution >= 0.6 is 36.2 Å². The van der Waals surface area contributed by atoms with Gasteiger partial charge in [0.25, 0.3) is 0 Å². The number of hydrogen-bond donors (Lipinski definition) is 1. The minimum Gasteiger partial charge on any atom is -0.346 e. The Balaban J connectivity index is 0.00000121. The van der Waals surface area contributed by atoms with E-state index in [-0.39, 0.29) is 24.8 Å². The molecule has 3 nitrogen and oxygen atoms in total. The number of aromatic nitrogens is 1. The Morgan fingerprint density at radius 2 is 1.54 bits per heavy atom. The van der Waals surface area contributed by atoms with Crippen molar-refractivity contribution in [3.63, 3.8) is 0 Å². The molecule has 0 bridgehead atoms. The fourth-order valence-corrected chi connectivity index (χ4v) is 3.91. The van der Waals surface area contributed by atoms with Gasteiger partial charge >= 0.3 is 0 Å². The molecule has 1 N–H and O–H groups in total. The van der Waals surface area contributed by atoms with Crippen molar-refractivity contribution in [2.24, 2.45) is 0 Å². The molecule has 0 amide bonds. The average molecular weight is 408 g/mol. The molecule has 0 saturated carbocycles. The standard InChI is InChI=1S/C20H21N3S.2ClH/c1-2-4-17(5-3-1)18-8-6-16(7-9-18)14-19-15-24-20(22-19)23-12-10-21-11-13-23;;/h1-9,15,21H,10-14H2;2*1H. The molecule has 2 heterocycles. The van der Waals surface area contributed by atoms with Crippen molar-refractivity contribution in [1.82, 2.24) is 10.3 Å². The first-order valence-electron chi connectivity index (χ1n) is 8.43. The fourth-order valence-electron chi connectivity index (χ4n) is 3.03. The van der Waals surface area contributed by atoms with Gasteiger partial charge in [0.05, 0.1) is 5.69 Å². The van der Waals surface area contributed by atoms with Crippen LogP contribution in [0.2, 0.25) is 0 Å². The second-order valence-corrected chi connectivity index (χ2v) is 6.93. The Hall–Kier alpha value is -1.59. The molecular weight excluding hydrogens is 385 g/mol. The molecule has 0 radical (unpaired) electrons. The van der Waals surface area contributed by atoms with Gasteiger partial charge in [-0.05, 0) is 16.7 Å². The normalized spacial score (nSPS) is 13.6. The van der Waals surface area contributed by atoms with Crippen molar-refractivity contribution in [2.75, 3.05) is 31.1 Å². The van der Waals surface area contributed by atoms with Crippen molar-refractivity contribution in [3.05, 3.63) is 71.2 Å². The lowest BCUT2D eigenvalue weighted by molar-refractivity contribution is 0.588. The summed E-state index contributed by atoms with van der Waals surface area (Å²) in [6.45, 7) is 4.21. The summed E-state index contributed by atoms with van der Waals surface area (Å²) in [4.78, 5) is 7.20. The van der Waals surface area contributed by atoms with Crippen LogP contribution in [0.25, 0.3) is 11.1 Å². The number of benzene rings is 2. The fraction of sp³-hybridized carbons (Fsp3) is 0.250. The highest BCUT2D eigenvalue weighted by Crippen LogP contribution is 2.24. The van der Waals surface area contributed by atoms with Gasteiger partial charge in [-0.15, -0.1) is 36.2 Å². The summed E-state index contributed by atoms with van der Waals surface area (Å²) in [7, 11) is 0. The molecule has 1 aliphatic rings. The first-order chi connectivity index (χ1) is 11.9. The largest absolute Gasteiger partial charge is 0.346 e. The summed E-state index contributed by atoms with van der Waals surface area (Å²) in [6.07, 6.45) is 0.900. The highest BCUT2D eigenvalue weighted by Gasteiger charge is 2.14. The van der Waals surface area contributed by atoms with E-state index in [1.807, 2.05) is 0 Å². The van der Waals surface area contributed by atoms with Crippen LogP contribution in [0, 0.1) is 0 Å². The van der Waals surface area contributed by atoms with Crippen LogP contribution in [-0.4, -0.2) is 31.2 Å². The number of rotatable bonds is 4. The van der Waals surface area contributed by atoms with E-state index in [1.165, 1.54) is 22.4 Å². The van der Waals surface area contributed by atoms with Gasteiger partial charge in [-0.3, -0.25) is 0 Å². The SMILES string of the molecule is Cl.Cl.c1ccc(-c2ccc(Cc3csc(N4CCNCC4)n3)cc2)cc1. The predicted molar refractivity (Wildman–Crippen MR) is 116 cm³/mol. The maximum absolute atomic E-state index is 4.83. The summed E-state index contributed by atoms with van der Waals surface area (Å²) in [5.74, 6) is 0. The van der Waals surface area contributed by atoms with Gasteiger partial charge in [0.15, 0.2) is 5.13 Å². The van der Waals surface area contributed by atoms with Crippen LogP contribution in [-0.2, 0) is 6.42 Å². The molecule has 1 fully saturated rings. The Bertz CT molecular complexity index is 784. The molecule has 6 heteroatoms. The van der Waals surface area contributed by atoms with E-state index in [0.29, 0.717) is 0 Å². The van der Waals surface area contributed by atoms with Crippen LogP contribution in [0.4, 0.5) is 5.13 Å². The van der Waals surface area contributed by atoms with Crippen LogP contribution in [0.3, 0.4) is 0 Å². The van der Waals surface area contributed by atoms with Crippen LogP contribution in [0.1, 0.15) is 11.3 Å². The monoisotopic (exact) mass is 407 g/mol. The van der Waals surface area contributed by atoms with E-state index in [2.05, 4.69) is 70.2 Å². The van der Waals surface area contributed by atoms with Crippen molar-refractivity contribution in [2.45, 2.75) is 6.42 Å². The third kappa shape index (κ3) is 4.98. The molecule has 138 valence electrons. The third-order valence-electron chi connectivity index (χ3n) is 4.37. The van der Waals surface area contributed by atoms with Gasteiger partial charge in [-0.1, -0.05) is 54.6 Å². The Morgan fingerprint density at radius 3 is 2.23 bits per heavy atom. The van der Waals surface area contributed by atoms with Gasteiger partial charge in [-0.25, -0.2) is 4.98 Å². The molecule has 0 aliphatic carbocycles. The van der Waals surface area contributed by atoms with E-state index < -0.39 is 0 Å². The number of halogens is 2. The van der Waals surface area contributed by atoms with E-state index in [9.17, 15) is 0 Å². The molecule has 4 rings (SSSR count). The molecule has 0 atom stereocenters. The zero-order chi connectivity index (χ0) is 16.2. The lowest BCUT2D eigenvalue weighted by atomic mass is 10.0. The van der Waals surface area contributed by atoms with Crippen molar-refractivity contribution in [1.29, 1.82) is 0 Å². The quantitative estimate of drug-likeness (QED) is 0.681. The summed E-state index contributed by atoms with van der Waals surface area (Å²) in [5, 5.41) is 6.74. The average Bonchev–Trinajstić information content (AvgIpc) is 3.12. The molecule has 1 saturated heterocycles. The topological polar surface area (TPSA) is 28.2 Å². The van der Waals surface area contributed by atoms with Gasteiger partial charge in [-0.2, -0.15) is 0 Å². The van der Waals surface area contributed by atoms with E-state index >= 15 is 0 Å². The minimum atomic E-state index is 0. The second-order valence-electron chi connectivity index (χ2n) is 6.10. The first-order valence-corrected chi connectivity index (χ1v) is 9.31. The Labute approximate surface area is 171 Å². The van der Waals surface area contributed by atoms with Crippen molar-refractivity contribution >= 4 is 41.3 Å². The minimum absolute atomic E-state index is 0. The lowest BCUT2D eigenvalue weighted by Gasteiger charge is -2.26. The summed E-state index contributed by atoms with van der Waals surface area (Å²) in [6, 6.07) is 19.3. The van der Waals surface area contributed by atoms with Crippen molar-refractivity contribution < 1.29 is 0 Å². The third-order valence-corrected chi connectivity index (χ3v) is 5.32. The number of nitrogens with one attached hydrogen (secondary N) is 1. The predicted octanol–water partition coefficient (Wildman–Crippen LogP) is 4.65.